The highest BCUT2D eigenvalue weighted by Gasteiger charge is 2.24. The lowest BCUT2D eigenvalue weighted by atomic mass is 10.1. The minimum atomic E-state index is -3.74. The molecule has 26 heavy (non-hydrogen) atoms. The fraction of sp³-hybridized carbons (Fsp3) is 0.316. The van der Waals surface area contributed by atoms with E-state index in [1.165, 1.54) is 31.2 Å². The normalized spacial score (nSPS) is 11.4. The van der Waals surface area contributed by atoms with Crippen LogP contribution in [0.2, 0.25) is 0 Å². The molecular formula is C19H24N2O4S. The van der Waals surface area contributed by atoms with Gasteiger partial charge in [0.1, 0.15) is 5.75 Å². The Morgan fingerprint density at radius 2 is 1.65 bits per heavy atom. The average Bonchev–Trinajstić information content (AvgIpc) is 2.63. The van der Waals surface area contributed by atoms with Gasteiger partial charge < -0.3 is 9.64 Å². The summed E-state index contributed by atoms with van der Waals surface area (Å²) < 4.78 is 31.3. The molecule has 0 bridgehead atoms. The zero-order chi connectivity index (χ0) is 19.3. The summed E-state index contributed by atoms with van der Waals surface area (Å²) in [5, 5.41) is 0. The molecule has 0 spiro atoms. The van der Waals surface area contributed by atoms with E-state index in [1.807, 2.05) is 31.2 Å². The summed E-state index contributed by atoms with van der Waals surface area (Å²) in [6.07, 6.45) is 0. The number of carbonyl (C=O) groups excluding carboxylic acids is 1. The molecule has 0 aliphatic rings. The van der Waals surface area contributed by atoms with Gasteiger partial charge in [-0.15, -0.1) is 0 Å². The van der Waals surface area contributed by atoms with E-state index in [0.717, 1.165) is 15.4 Å². The Hall–Kier alpha value is -2.38. The van der Waals surface area contributed by atoms with Crippen molar-refractivity contribution in [1.82, 2.24) is 9.21 Å². The third-order valence-corrected chi connectivity index (χ3v) is 6.04. The number of hydrogen-bond acceptors (Lipinski definition) is 4. The standard InChI is InChI=1S/C19H24N2O4S/c1-15-7-5-6-8-16(15)13-20(2)19(22)14-21(3)26(23,24)18-11-9-17(25-4)10-12-18/h5-12H,13-14H2,1-4H3. The summed E-state index contributed by atoms with van der Waals surface area (Å²) in [4.78, 5) is 14.1. The van der Waals surface area contributed by atoms with Crippen LogP contribution in [-0.4, -0.2) is 51.3 Å². The first kappa shape index (κ1) is 19.9. The van der Waals surface area contributed by atoms with Crippen molar-refractivity contribution in [3.63, 3.8) is 0 Å². The van der Waals surface area contributed by atoms with Crippen LogP contribution in [-0.2, 0) is 21.4 Å². The van der Waals surface area contributed by atoms with Gasteiger partial charge in [-0.3, -0.25) is 4.79 Å². The summed E-state index contributed by atoms with van der Waals surface area (Å²) in [7, 11) is 0.840. The second-order valence-electron chi connectivity index (χ2n) is 6.11. The maximum Gasteiger partial charge on any atom is 0.243 e. The molecule has 0 N–H and O–H groups in total. The smallest absolute Gasteiger partial charge is 0.243 e. The predicted octanol–water partition coefficient (Wildman–Crippen LogP) is 2.28. The molecule has 0 atom stereocenters. The van der Waals surface area contributed by atoms with E-state index in [-0.39, 0.29) is 17.3 Å². The van der Waals surface area contributed by atoms with Gasteiger partial charge in [0.05, 0.1) is 18.6 Å². The van der Waals surface area contributed by atoms with Crippen molar-refractivity contribution in [1.29, 1.82) is 0 Å². The molecule has 0 heterocycles. The van der Waals surface area contributed by atoms with E-state index in [0.29, 0.717) is 12.3 Å². The SMILES string of the molecule is COc1ccc(S(=O)(=O)N(C)CC(=O)N(C)Cc2ccccc2C)cc1. The molecule has 0 saturated heterocycles. The summed E-state index contributed by atoms with van der Waals surface area (Å²) in [6.45, 7) is 2.19. The van der Waals surface area contributed by atoms with Gasteiger partial charge in [-0.25, -0.2) is 8.42 Å². The van der Waals surface area contributed by atoms with Gasteiger partial charge >= 0.3 is 0 Å². The first-order chi connectivity index (χ1) is 12.3. The second kappa shape index (κ2) is 8.33. The molecule has 1 amide bonds. The van der Waals surface area contributed by atoms with Crippen molar-refractivity contribution in [2.24, 2.45) is 0 Å². The Balaban J connectivity index is 2.05. The number of ether oxygens (including phenoxy) is 1. The number of rotatable bonds is 7. The van der Waals surface area contributed by atoms with Crippen LogP contribution in [0, 0.1) is 6.92 Å². The molecule has 0 aromatic heterocycles. The third kappa shape index (κ3) is 4.62. The molecular weight excluding hydrogens is 352 g/mol. The van der Waals surface area contributed by atoms with Crippen molar-refractivity contribution in [3.05, 3.63) is 59.7 Å². The zero-order valence-electron chi connectivity index (χ0n) is 15.5. The molecule has 0 aliphatic carbocycles. The van der Waals surface area contributed by atoms with E-state index in [4.69, 9.17) is 4.74 Å². The van der Waals surface area contributed by atoms with E-state index in [9.17, 15) is 13.2 Å². The largest absolute Gasteiger partial charge is 0.497 e. The number of benzene rings is 2. The van der Waals surface area contributed by atoms with Crippen LogP contribution < -0.4 is 4.74 Å². The van der Waals surface area contributed by atoms with Crippen LogP contribution >= 0.6 is 0 Å². The summed E-state index contributed by atoms with van der Waals surface area (Å²) in [5.41, 5.74) is 2.12. The van der Waals surface area contributed by atoms with Crippen molar-refractivity contribution >= 4 is 15.9 Å². The maximum atomic E-state index is 12.6. The molecule has 140 valence electrons. The van der Waals surface area contributed by atoms with E-state index >= 15 is 0 Å². The topological polar surface area (TPSA) is 66.9 Å². The van der Waals surface area contributed by atoms with Gasteiger partial charge in [0.2, 0.25) is 15.9 Å². The summed E-state index contributed by atoms with van der Waals surface area (Å²) in [6, 6.07) is 13.9. The van der Waals surface area contributed by atoms with Gasteiger partial charge in [-0.2, -0.15) is 4.31 Å². The van der Waals surface area contributed by atoms with Crippen LogP contribution in [0.4, 0.5) is 0 Å². The number of hydrogen-bond donors (Lipinski definition) is 0. The lowest BCUT2D eigenvalue weighted by Crippen LogP contribution is -2.39. The molecule has 0 aliphatic heterocycles. The number of aryl methyl sites for hydroxylation is 1. The molecule has 0 radical (unpaired) electrons. The zero-order valence-corrected chi connectivity index (χ0v) is 16.3. The Morgan fingerprint density at radius 1 is 1.04 bits per heavy atom. The fourth-order valence-corrected chi connectivity index (χ4v) is 3.58. The molecule has 0 fully saturated rings. The van der Waals surface area contributed by atoms with Gasteiger partial charge in [-0.05, 0) is 42.3 Å². The van der Waals surface area contributed by atoms with Gasteiger partial charge in [0, 0.05) is 20.6 Å². The lowest BCUT2D eigenvalue weighted by Gasteiger charge is -2.22. The van der Waals surface area contributed by atoms with E-state index < -0.39 is 10.0 Å². The van der Waals surface area contributed by atoms with Crippen molar-refractivity contribution < 1.29 is 17.9 Å². The van der Waals surface area contributed by atoms with Gasteiger partial charge in [0.15, 0.2) is 0 Å². The number of likely N-dealkylation sites (N-methyl/N-ethyl adjacent to an activating group) is 2. The van der Waals surface area contributed by atoms with Crippen LogP contribution in [0.3, 0.4) is 0 Å². The van der Waals surface area contributed by atoms with E-state index in [2.05, 4.69) is 0 Å². The molecule has 2 aromatic carbocycles. The summed E-state index contributed by atoms with van der Waals surface area (Å²) in [5.74, 6) is 0.300. The Kier molecular flexibility index (Phi) is 6.39. The van der Waals surface area contributed by atoms with Gasteiger partial charge in [0.25, 0.3) is 0 Å². The van der Waals surface area contributed by atoms with Crippen LogP contribution in [0.25, 0.3) is 0 Å². The maximum absolute atomic E-state index is 12.6. The Morgan fingerprint density at radius 3 is 2.23 bits per heavy atom. The monoisotopic (exact) mass is 376 g/mol. The number of methoxy groups -OCH3 is 1. The first-order valence-corrected chi connectivity index (χ1v) is 9.58. The van der Waals surface area contributed by atoms with Crippen molar-refractivity contribution in [2.45, 2.75) is 18.4 Å². The number of carbonyl (C=O) groups is 1. The predicted molar refractivity (Wildman–Crippen MR) is 100 cm³/mol. The third-order valence-electron chi connectivity index (χ3n) is 4.22. The highest BCUT2D eigenvalue weighted by Crippen LogP contribution is 2.18. The first-order valence-electron chi connectivity index (χ1n) is 8.14. The number of nitrogens with zero attached hydrogens (tertiary/aromatic N) is 2. The molecule has 7 heteroatoms. The minimum Gasteiger partial charge on any atom is -0.497 e. The fourth-order valence-electron chi connectivity index (χ4n) is 2.45. The number of amides is 1. The molecule has 2 aromatic rings. The van der Waals surface area contributed by atoms with Crippen molar-refractivity contribution in [3.8, 4) is 5.75 Å². The lowest BCUT2D eigenvalue weighted by molar-refractivity contribution is -0.130. The van der Waals surface area contributed by atoms with Crippen LogP contribution in [0.15, 0.2) is 53.4 Å². The average molecular weight is 376 g/mol. The minimum absolute atomic E-state index is 0.121. The summed E-state index contributed by atoms with van der Waals surface area (Å²) >= 11 is 0. The Labute approximate surface area is 155 Å². The number of sulfonamides is 1. The van der Waals surface area contributed by atoms with Crippen LogP contribution in [0.5, 0.6) is 5.75 Å². The highest BCUT2D eigenvalue weighted by molar-refractivity contribution is 7.89. The van der Waals surface area contributed by atoms with E-state index in [1.54, 1.807) is 19.2 Å². The molecule has 0 unspecified atom stereocenters. The quantitative estimate of drug-likeness (QED) is 0.744. The molecule has 6 nitrogen and oxygen atoms in total. The molecule has 0 saturated carbocycles. The van der Waals surface area contributed by atoms with Crippen molar-refractivity contribution in [2.75, 3.05) is 27.7 Å². The highest BCUT2D eigenvalue weighted by atomic mass is 32.2. The Bertz CT molecular complexity index is 863. The second-order valence-corrected chi connectivity index (χ2v) is 8.16. The van der Waals surface area contributed by atoms with Crippen LogP contribution in [0.1, 0.15) is 11.1 Å². The van der Waals surface area contributed by atoms with Gasteiger partial charge in [-0.1, -0.05) is 24.3 Å². The molecule has 2 rings (SSSR count).